The number of carbonyl (C=O) groups excluding carboxylic acids is 1. The number of rotatable bonds is 6. The number of benzene rings is 2. The molecule has 0 N–H and O–H groups in total. The predicted octanol–water partition coefficient (Wildman–Crippen LogP) is 3.63. The van der Waals surface area contributed by atoms with E-state index < -0.39 is 21.4 Å². The Morgan fingerprint density at radius 1 is 1.00 bits per heavy atom. The third-order valence-electron chi connectivity index (χ3n) is 4.79. The molecule has 0 aliphatic heterocycles. The van der Waals surface area contributed by atoms with Crippen molar-refractivity contribution in [3.63, 3.8) is 0 Å². The molecular weight excluding hydrogens is 392 g/mol. The zero-order valence-electron chi connectivity index (χ0n) is 16.5. The van der Waals surface area contributed by atoms with Crippen LogP contribution in [0, 0.1) is 20.8 Å². The summed E-state index contributed by atoms with van der Waals surface area (Å²) >= 11 is 0. The van der Waals surface area contributed by atoms with Crippen LogP contribution in [0.1, 0.15) is 28.7 Å². The summed E-state index contributed by atoms with van der Waals surface area (Å²) in [5, 5.41) is 0.688. The number of sulfone groups is 1. The van der Waals surface area contributed by atoms with Crippen molar-refractivity contribution < 1.29 is 22.4 Å². The average molecular weight is 414 g/mol. The van der Waals surface area contributed by atoms with E-state index in [-0.39, 0.29) is 23.7 Å². The fourth-order valence-corrected chi connectivity index (χ4v) is 4.14. The number of esters is 1. The van der Waals surface area contributed by atoms with Gasteiger partial charge in [-0.1, -0.05) is 17.7 Å². The van der Waals surface area contributed by atoms with E-state index in [2.05, 4.69) is 0 Å². The Morgan fingerprint density at radius 2 is 1.66 bits per heavy atom. The second-order valence-electron chi connectivity index (χ2n) is 7.07. The van der Waals surface area contributed by atoms with Crippen LogP contribution in [-0.4, -0.2) is 20.1 Å². The van der Waals surface area contributed by atoms with Crippen molar-refractivity contribution in [3.8, 4) is 0 Å². The summed E-state index contributed by atoms with van der Waals surface area (Å²) in [5.74, 6) is -0.990. The Balaban J connectivity index is 1.69. The molecule has 0 unspecified atom stereocenters. The van der Waals surface area contributed by atoms with E-state index in [0.29, 0.717) is 16.5 Å². The molecule has 0 bridgehead atoms. The number of carbonyl (C=O) groups is 1. The Hall–Kier alpha value is -2.93. The van der Waals surface area contributed by atoms with Crippen molar-refractivity contribution in [2.45, 2.75) is 38.7 Å². The first-order valence-electron chi connectivity index (χ1n) is 9.15. The van der Waals surface area contributed by atoms with Gasteiger partial charge in [0.1, 0.15) is 12.2 Å². The lowest BCUT2D eigenvalue weighted by molar-refractivity contribution is -0.144. The smallest absolute Gasteiger partial charge is 0.336 e. The molecule has 0 aliphatic carbocycles. The van der Waals surface area contributed by atoms with Crippen molar-refractivity contribution in [1.29, 1.82) is 0 Å². The Labute approximate surface area is 169 Å². The van der Waals surface area contributed by atoms with Gasteiger partial charge in [0.05, 0.1) is 17.1 Å². The van der Waals surface area contributed by atoms with Crippen LogP contribution >= 0.6 is 0 Å². The summed E-state index contributed by atoms with van der Waals surface area (Å²) < 4.78 is 35.1. The molecule has 6 nitrogen and oxygen atoms in total. The summed E-state index contributed by atoms with van der Waals surface area (Å²) in [5.41, 5.74) is 3.36. The summed E-state index contributed by atoms with van der Waals surface area (Å²) in [6.45, 7) is 5.58. The van der Waals surface area contributed by atoms with Gasteiger partial charge < -0.3 is 9.15 Å². The molecule has 0 spiro atoms. The average Bonchev–Trinajstić information content (AvgIpc) is 2.66. The summed E-state index contributed by atoms with van der Waals surface area (Å²) in [6.07, 6.45) is -0.270. The van der Waals surface area contributed by atoms with Gasteiger partial charge in [-0.2, -0.15) is 0 Å². The van der Waals surface area contributed by atoms with E-state index in [4.69, 9.17) is 9.15 Å². The summed E-state index contributed by atoms with van der Waals surface area (Å²) in [4.78, 5) is 24.1. The zero-order valence-corrected chi connectivity index (χ0v) is 17.3. The maximum atomic E-state index is 12.3. The lowest BCUT2D eigenvalue weighted by Gasteiger charge is -2.09. The maximum Gasteiger partial charge on any atom is 0.336 e. The first-order valence-corrected chi connectivity index (χ1v) is 10.8. The van der Waals surface area contributed by atoms with Gasteiger partial charge in [-0.25, -0.2) is 13.2 Å². The third-order valence-corrected chi connectivity index (χ3v) is 6.52. The van der Waals surface area contributed by atoms with Crippen molar-refractivity contribution in [2.24, 2.45) is 0 Å². The van der Waals surface area contributed by atoms with E-state index in [9.17, 15) is 18.0 Å². The molecule has 1 aromatic heterocycles. The molecule has 1 heterocycles. The van der Waals surface area contributed by atoms with Crippen LogP contribution in [0.3, 0.4) is 0 Å². The number of aryl methyl sites for hydroxylation is 3. The lowest BCUT2D eigenvalue weighted by atomic mass is 10.0. The van der Waals surface area contributed by atoms with Gasteiger partial charge in [0, 0.05) is 17.0 Å². The van der Waals surface area contributed by atoms with Gasteiger partial charge in [-0.15, -0.1) is 0 Å². The fourth-order valence-electron chi connectivity index (χ4n) is 2.91. The van der Waals surface area contributed by atoms with E-state index in [1.165, 1.54) is 18.2 Å². The van der Waals surface area contributed by atoms with Gasteiger partial charge >= 0.3 is 11.6 Å². The molecule has 3 aromatic rings. The fraction of sp³-hybridized carbons (Fsp3) is 0.273. The number of hydrogen-bond donors (Lipinski definition) is 0. The van der Waals surface area contributed by atoms with E-state index in [1.807, 2.05) is 26.8 Å². The highest BCUT2D eigenvalue weighted by molar-refractivity contribution is 7.91. The van der Waals surface area contributed by atoms with Gasteiger partial charge in [-0.3, -0.25) is 4.79 Å². The number of hydrogen-bond acceptors (Lipinski definition) is 6. The molecular formula is C22H22O6S. The highest BCUT2D eigenvalue weighted by Crippen LogP contribution is 2.22. The second kappa shape index (κ2) is 8.21. The van der Waals surface area contributed by atoms with Crippen LogP contribution in [0.5, 0.6) is 0 Å². The number of ether oxygens (including phenoxy) is 1. The largest absolute Gasteiger partial charge is 0.461 e. The van der Waals surface area contributed by atoms with Gasteiger partial charge in [0.25, 0.3) is 0 Å². The number of fused-ring (bicyclic) bond motifs is 1. The Kier molecular flexibility index (Phi) is 5.88. The van der Waals surface area contributed by atoms with Gasteiger partial charge in [0.15, 0.2) is 9.84 Å². The van der Waals surface area contributed by atoms with Crippen LogP contribution < -0.4 is 5.63 Å². The molecule has 0 amide bonds. The van der Waals surface area contributed by atoms with Crippen LogP contribution in [0.15, 0.2) is 56.6 Å². The Morgan fingerprint density at radius 3 is 2.34 bits per heavy atom. The minimum absolute atomic E-state index is 0.131. The molecule has 0 fully saturated rings. The minimum atomic E-state index is -3.57. The molecule has 29 heavy (non-hydrogen) atoms. The second-order valence-corrected chi connectivity index (χ2v) is 9.18. The summed E-state index contributed by atoms with van der Waals surface area (Å²) in [6, 6.07) is 11.4. The predicted molar refractivity (Wildman–Crippen MR) is 110 cm³/mol. The highest BCUT2D eigenvalue weighted by atomic mass is 32.2. The molecule has 3 rings (SSSR count). The van der Waals surface area contributed by atoms with Crippen LogP contribution in [0.25, 0.3) is 11.0 Å². The molecule has 152 valence electrons. The first kappa shape index (κ1) is 20.8. The van der Waals surface area contributed by atoms with Crippen molar-refractivity contribution in [2.75, 3.05) is 5.75 Å². The molecule has 0 aliphatic rings. The van der Waals surface area contributed by atoms with E-state index in [0.717, 1.165) is 16.7 Å². The molecule has 0 atom stereocenters. The Bertz CT molecular complexity index is 1220. The highest BCUT2D eigenvalue weighted by Gasteiger charge is 2.17. The van der Waals surface area contributed by atoms with E-state index >= 15 is 0 Å². The van der Waals surface area contributed by atoms with Gasteiger partial charge in [0.2, 0.25) is 0 Å². The molecule has 0 saturated heterocycles. The van der Waals surface area contributed by atoms with Crippen LogP contribution in [-0.2, 0) is 26.0 Å². The molecule has 2 aromatic carbocycles. The van der Waals surface area contributed by atoms with Crippen LogP contribution in [0.4, 0.5) is 0 Å². The quantitative estimate of drug-likeness (QED) is 0.452. The topological polar surface area (TPSA) is 90.6 Å². The zero-order chi connectivity index (χ0) is 21.2. The standard InChI is InChI=1S/C22H22O6S/c1-14-4-6-18(7-5-14)29(25,26)9-8-21(23)27-13-17-12-22(24)28-20-11-16(3)15(2)10-19(17)20/h4-7,10-12H,8-9,13H2,1-3H3. The summed E-state index contributed by atoms with van der Waals surface area (Å²) in [7, 11) is -3.57. The minimum Gasteiger partial charge on any atom is -0.461 e. The van der Waals surface area contributed by atoms with Crippen molar-refractivity contribution in [1.82, 2.24) is 0 Å². The first-order chi connectivity index (χ1) is 13.7. The molecule has 0 saturated carbocycles. The molecule has 0 radical (unpaired) electrons. The third kappa shape index (κ3) is 4.92. The lowest BCUT2D eigenvalue weighted by Crippen LogP contribution is -2.14. The van der Waals surface area contributed by atoms with E-state index in [1.54, 1.807) is 18.2 Å². The van der Waals surface area contributed by atoms with Crippen molar-refractivity contribution in [3.05, 3.63) is 75.1 Å². The SMILES string of the molecule is Cc1ccc(S(=O)(=O)CCC(=O)OCc2cc(=O)oc3cc(C)c(C)cc23)cc1. The van der Waals surface area contributed by atoms with Crippen molar-refractivity contribution >= 4 is 26.8 Å². The molecule has 7 heteroatoms. The monoisotopic (exact) mass is 414 g/mol. The maximum absolute atomic E-state index is 12.3. The normalized spacial score (nSPS) is 11.6. The van der Waals surface area contributed by atoms with Gasteiger partial charge in [-0.05, 0) is 56.2 Å². The van der Waals surface area contributed by atoms with Crippen LogP contribution in [0.2, 0.25) is 0 Å².